The summed E-state index contributed by atoms with van der Waals surface area (Å²) < 4.78 is 5.93. The Labute approximate surface area is 148 Å². The van der Waals surface area contributed by atoms with E-state index in [0.717, 1.165) is 42.2 Å². The van der Waals surface area contributed by atoms with Gasteiger partial charge in [-0.25, -0.2) is 0 Å². The zero-order chi connectivity index (χ0) is 16.8. The number of carbonyl (C=O) groups excluding carboxylic acids is 1. The van der Waals surface area contributed by atoms with Crippen LogP contribution in [0.25, 0.3) is 0 Å². The second-order valence-corrected chi connectivity index (χ2v) is 7.09. The molecule has 24 heavy (non-hydrogen) atoms. The molecule has 0 unspecified atom stereocenters. The largest absolute Gasteiger partial charge is 0.457 e. The van der Waals surface area contributed by atoms with Crippen molar-refractivity contribution in [1.82, 2.24) is 4.90 Å². The predicted molar refractivity (Wildman–Crippen MR) is 99.4 cm³/mol. The van der Waals surface area contributed by atoms with Gasteiger partial charge in [-0.05, 0) is 36.2 Å². The van der Waals surface area contributed by atoms with E-state index in [1.54, 1.807) is 0 Å². The van der Waals surface area contributed by atoms with Gasteiger partial charge in [0.1, 0.15) is 16.9 Å². The number of benzene rings is 2. The molecule has 2 aromatic rings. The Balaban J connectivity index is 1.74. The van der Waals surface area contributed by atoms with Crippen molar-refractivity contribution in [2.45, 2.75) is 31.6 Å². The molecular formula is C20H23NO2S. The maximum Gasteiger partial charge on any atom is 0.223 e. The fourth-order valence-corrected chi connectivity index (χ4v) is 4.10. The van der Waals surface area contributed by atoms with Crippen LogP contribution in [0, 0.1) is 0 Å². The minimum absolute atomic E-state index is 0.105. The molecule has 0 bridgehead atoms. The molecule has 0 aromatic heterocycles. The van der Waals surface area contributed by atoms with Gasteiger partial charge in [0.05, 0.1) is 0 Å². The van der Waals surface area contributed by atoms with Crippen LogP contribution in [0.4, 0.5) is 0 Å². The maximum atomic E-state index is 12.4. The summed E-state index contributed by atoms with van der Waals surface area (Å²) in [6, 6.07) is 17.9. The molecule has 126 valence electrons. The van der Waals surface area contributed by atoms with Crippen LogP contribution in [0.1, 0.15) is 37.1 Å². The standard InChI is InChI=1S/C20H23NO2S/c1-2-3-12-19(22)21-13-14-24-20(21)16-8-7-11-18(15-16)23-17-9-5-4-6-10-17/h4-11,15,20H,2-3,12-14H2,1H3/t20-/m0/s1. The molecule has 0 radical (unpaired) electrons. The van der Waals surface area contributed by atoms with Gasteiger partial charge in [0.15, 0.2) is 0 Å². The van der Waals surface area contributed by atoms with Crippen molar-refractivity contribution in [3.63, 3.8) is 0 Å². The number of unbranched alkanes of at least 4 members (excludes halogenated alkanes) is 1. The van der Waals surface area contributed by atoms with Crippen molar-refractivity contribution in [3.05, 3.63) is 60.2 Å². The Morgan fingerprint density at radius 2 is 1.96 bits per heavy atom. The van der Waals surface area contributed by atoms with Gasteiger partial charge in [-0.1, -0.05) is 43.7 Å². The van der Waals surface area contributed by atoms with Gasteiger partial charge in [0.25, 0.3) is 0 Å². The van der Waals surface area contributed by atoms with Crippen LogP contribution < -0.4 is 4.74 Å². The van der Waals surface area contributed by atoms with Crippen LogP contribution >= 0.6 is 11.8 Å². The first-order chi connectivity index (χ1) is 11.8. The van der Waals surface area contributed by atoms with E-state index in [9.17, 15) is 4.79 Å². The molecule has 1 atom stereocenters. The van der Waals surface area contributed by atoms with Gasteiger partial charge in [0.2, 0.25) is 5.91 Å². The van der Waals surface area contributed by atoms with Crippen molar-refractivity contribution in [3.8, 4) is 11.5 Å². The normalized spacial score (nSPS) is 17.0. The quantitative estimate of drug-likeness (QED) is 0.719. The molecule has 1 amide bonds. The predicted octanol–water partition coefficient (Wildman–Crippen LogP) is 5.24. The molecule has 1 fully saturated rings. The average molecular weight is 341 g/mol. The summed E-state index contributed by atoms with van der Waals surface area (Å²) in [4.78, 5) is 14.5. The molecule has 0 aliphatic carbocycles. The van der Waals surface area contributed by atoms with E-state index in [1.807, 2.05) is 59.1 Å². The lowest BCUT2D eigenvalue weighted by Crippen LogP contribution is -2.30. The van der Waals surface area contributed by atoms with Crippen molar-refractivity contribution in [2.24, 2.45) is 0 Å². The molecule has 1 heterocycles. The molecule has 0 saturated carbocycles. The Morgan fingerprint density at radius 3 is 2.75 bits per heavy atom. The first-order valence-corrected chi connectivity index (χ1v) is 9.56. The molecule has 1 saturated heterocycles. The molecule has 0 spiro atoms. The third-order valence-electron chi connectivity index (χ3n) is 4.08. The van der Waals surface area contributed by atoms with Gasteiger partial charge in [0, 0.05) is 18.7 Å². The van der Waals surface area contributed by atoms with Gasteiger partial charge in [-0.3, -0.25) is 4.79 Å². The van der Waals surface area contributed by atoms with Gasteiger partial charge in [-0.15, -0.1) is 11.8 Å². The highest BCUT2D eigenvalue weighted by Gasteiger charge is 2.30. The summed E-state index contributed by atoms with van der Waals surface area (Å²) in [5.41, 5.74) is 1.13. The van der Waals surface area contributed by atoms with Crippen LogP contribution in [0.5, 0.6) is 11.5 Å². The maximum absolute atomic E-state index is 12.4. The SMILES string of the molecule is CCCCC(=O)N1CCS[C@H]1c1cccc(Oc2ccccc2)c1. The Hall–Kier alpha value is -1.94. The lowest BCUT2D eigenvalue weighted by Gasteiger charge is -2.24. The topological polar surface area (TPSA) is 29.5 Å². The average Bonchev–Trinajstić information content (AvgIpc) is 3.11. The Kier molecular flexibility index (Phi) is 5.81. The lowest BCUT2D eigenvalue weighted by molar-refractivity contribution is -0.131. The zero-order valence-electron chi connectivity index (χ0n) is 14.0. The Bertz CT molecular complexity index is 674. The molecular weight excluding hydrogens is 318 g/mol. The fourth-order valence-electron chi connectivity index (χ4n) is 2.83. The van der Waals surface area contributed by atoms with Gasteiger partial charge < -0.3 is 9.64 Å². The molecule has 4 heteroatoms. The van der Waals surface area contributed by atoms with E-state index in [2.05, 4.69) is 19.1 Å². The number of hydrogen-bond donors (Lipinski definition) is 0. The number of amides is 1. The van der Waals surface area contributed by atoms with E-state index in [0.29, 0.717) is 6.42 Å². The van der Waals surface area contributed by atoms with Crippen LogP contribution in [-0.2, 0) is 4.79 Å². The van der Waals surface area contributed by atoms with Crippen molar-refractivity contribution in [2.75, 3.05) is 12.3 Å². The lowest BCUT2D eigenvalue weighted by atomic mass is 10.1. The summed E-state index contributed by atoms with van der Waals surface area (Å²) in [7, 11) is 0. The monoisotopic (exact) mass is 341 g/mol. The second-order valence-electron chi connectivity index (χ2n) is 5.90. The number of carbonyl (C=O) groups is 1. The highest BCUT2D eigenvalue weighted by molar-refractivity contribution is 7.99. The first kappa shape index (κ1) is 16.9. The molecule has 1 aliphatic rings. The van der Waals surface area contributed by atoms with Gasteiger partial charge in [-0.2, -0.15) is 0 Å². The van der Waals surface area contributed by atoms with E-state index in [4.69, 9.17) is 4.74 Å². The second kappa shape index (κ2) is 8.25. The third-order valence-corrected chi connectivity index (χ3v) is 5.34. The van der Waals surface area contributed by atoms with Crippen LogP contribution in [0.3, 0.4) is 0 Å². The molecule has 3 nitrogen and oxygen atoms in total. The number of para-hydroxylation sites is 1. The van der Waals surface area contributed by atoms with Crippen molar-refractivity contribution in [1.29, 1.82) is 0 Å². The molecule has 2 aromatic carbocycles. The zero-order valence-corrected chi connectivity index (χ0v) is 14.8. The Morgan fingerprint density at radius 1 is 1.17 bits per heavy atom. The smallest absolute Gasteiger partial charge is 0.223 e. The summed E-state index contributed by atoms with van der Waals surface area (Å²) in [5.74, 6) is 2.89. The molecule has 0 N–H and O–H groups in total. The number of rotatable bonds is 6. The minimum Gasteiger partial charge on any atom is -0.457 e. The summed E-state index contributed by atoms with van der Waals surface area (Å²) in [6.45, 7) is 2.95. The van der Waals surface area contributed by atoms with E-state index in [1.165, 1.54) is 0 Å². The van der Waals surface area contributed by atoms with E-state index >= 15 is 0 Å². The minimum atomic E-state index is 0.105. The number of nitrogens with zero attached hydrogens (tertiary/aromatic N) is 1. The highest BCUT2D eigenvalue weighted by Crippen LogP contribution is 2.39. The highest BCUT2D eigenvalue weighted by atomic mass is 32.2. The summed E-state index contributed by atoms with van der Waals surface area (Å²) in [6.07, 6.45) is 2.66. The fraction of sp³-hybridized carbons (Fsp3) is 0.350. The van der Waals surface area contributed by atoms with Crippen LogP contribution in [0.15, 0.2) is 54.6 Å². The number of ether oxygens (including phenoxy) is 1. The summed E-state index contributed by atoms with van der Waals surface area (Å²) >= 11 is 1.83. The van der Waals surface area contributed by atoms with Crippen molar-refractivity contribution < 1.29 is 9.53 Å². The molecule has 3 rings (SSSR count). The third kappa shape index (κ3) is 4.12. The number of hydrogen-bond acceptors (Lipinski definition) is 3. The van der Waals surface area contributed by atoms with Crippen molar-refractivity contribution >= 4 is 17.7 Å². The summed E-state index contributed by atoms with van der Waals surface area (Å²) in [5, 5.41) is 0.105. The van der Waals surface area contributed by atoms with Crippen LogP contribution in [0.2, 0.25) is 0 Å². The molecule has 1 aliphatic heterocycles. The van der Waals surface area contributed by atoms with Crippen LogP contribution in [-0.4, -0.2) is 23.1 Å². The first-order valence-electron chi connectivity index (χ1n) is 8.52. The van der Waals surface area contributed by atoms with E-state index in [-0.39, 0.29) is 11.3 Å². The number of thioether (sulfide) groups is 1. The van der Waals surface area contributed by atoms with E-state index < -0.39 is 0 Å². The van der Waals surface area contributed by atoms with Gasteiger partial charge >= 0.3 is 0 Å².